The van der Waals surface area contributed by atoms with Gasteiger partial charge < -0.3 is 14.4 Å². The van der Waals surface area contributed by atoms with E-state index in [9.17, 15) is 8.42 Å². The van der Waals surface area contributed by atoms with Crippen LogP contribution in [0.4, 0.5) is 0 Å². The summed E-state index contributed by atoms with van der Waals surface area (Å²) in [6, 6.07) is 1.77. The van der Waals surface area contributed by atoms with Crippen LogP contribution in [-0.2, 0) is 21.3 Å². The quantitative estimate of drug-likeness (QED) is 0.745. The van der Waals surface area contributed by atoms with Gasteiger partial charge in [0.15, 0.2) is 0 Å². The van der Waals surface area contributed by atoms with Crippen molar-refractivity contribution in [2.75, 3.05) is 40.5 Å². The highest BCUT2D eigenvalue weighted by Gasteiger charge is 2.27. The van der Waals surface area contributed by atoms with E-state index in [0.717, 1.165) is 18.5 Å². The SMILES string of the molecule is CN(C)CCOc1cnccc1CNS(=O)(=O)C1CCCOC1. The number of hydrogen-bond acceptors (Lipinski definition) is 6. The molecule has 1 saturated heterocycles. The zero-order chi connectivity index (χ0) is 16.7. The van der Waals surface area contributed by atoms with E-state index in [2.05, 4.69) is 9.71 Å². The van der Waals surface area contributed by atoms with Crippen LogP contribution in [-0.4, -0.2) is 64.0 Å². The highest BCUT2D eigenvalue weighted by molar-refractivity contribution is 7.90. The summed E-state index contributed by atoms with van der Waals surface area (Å²) in [5.74, 6) is 0.608. The van der Waals surface area contributed by atoms with Crippen molar-refractivity contribution >= 4 is 10.0 Å². The first-order valence-corrected chi connectivity index (χ1v) is 9.30. The van der Waals surface area contributed by atoms with Crippen LogP contribution in [0.2, 0.25) is 0 Å². The molecule has 1 N–H and O–H groups in total. The van der Waals surface area contributed by atoms with Crippen LogP contribution in [0.15, 0.2) is 18.5 Å². The van der Waals surface area contributed by atoms with Crippen LogP contribution in [0.5, 0.6) is 5.75 Å². The fourth-order valence-corrected chi connectivity index (χ4v) is 3.62. The standard InChI is InChI=1S/C15H25N3O4S/c1-18(2)7-9-22-15-11-16-6-5-13(15)10-17-23(19,20)14-4-3-8-21-12-14/h5-6,11,14,17H,3-4,7-10,12H2,1-2H3. The van der Waals surface area contributed by atoms with Gasteiger partial charge in [-0.2, -0.15) is 0 Å². The minimum Gasteiger partial charge on any atom is -0.490 e. The lowest BCUT2D eigenvalue weighted by Crippen LogP contribution is -2.39. The maximum Gasteiger partial charge on any atom is 0.217 e. The van der Waals surface area contributed by atoms with Crippen molar-refractivity contribution in [1.82, 2.24) is 14.6 Å². The molecule has 0 saturated carbocycles. The summed E-state index contributed by atoms with van der Waals surface area (Å²) in [6.45, 7) is 2.39. The molecule has 2 rings (SSSR count). The Labute approximate surface area is 138 Å². The second kappa shape index (κ2) is 8.58. The third-order valence-corrected chi connectivity index (χ3v) is 5.48. The molecule has 1 aromatic rings. The molecule has 0 aromatic carbocycles. The van der Waals surface area contributed by atoms with Gasteiger partial charge in [-0.05, 0) is 33.0 Å². The maximum atomic E-state index is 12.3. The molecule has 23 heavy (non-hydrogen) atoms. The minimum absolute atomic E-state index is 0.193. The summed E-state index contributed by atoms with van der Waals surface area (Å²) < 4.78 is 38.3. The number of aromatic nitrogens is 1. The summed E-state index contributed by atoms with van der Waals surface area (Å²) in [4.78, 5) is 6.06. The Balaban J connectivity index is 1.94. The zero-order valence-corrected chi connectivity index (χ0v) is 14.5. The van der Waals surface area contributed by atoms with E-state index in [4.69, 9.17) is 9.47 Å². The van der Waals surface area contributed by atoms with Crippen molar-refractivity contribution in [3.8, 4) is 5.75 Å². The van der Waals surface area contributed by atoms with Crippen LogP contribution in [0.25, 0.3) is 0 Å². The Morgan fingerprint density at radius 2 is 2.30 bits per heavy atom. The predicted molar refractivity (Wildman–Crippen MR) is 87.9 cm³/mol. The molecule has 0 radical (unpaired) electrons. The van der Waals surface area contributed by atoms with E-state index in [1.54, 1.807) is 18.5 Å². The average molecular weight is 343 g/mol. The van der Waals surface area contributed by atoms with Gasteiger partial charge in [0.25, 0.3) is 0 Å². The van der Waals surface area contributed by atoms with Crippen LogP contribution in [0, 0.1) is 0 Å². The van der Waals surface area contributed by atoms with Gasteiger partial charge in [0.1, 0.15) is 12.4 Å². The monoisotopic (exact) mass is 343 g/mol. The molecule has 1 aliphatic rings. The lowest BCUT2D eigenvalue weighted by atomic mass is 10.2. The zero-order valence-electron chi connectivity index (χ0n) is 13.7. The molecule has 0 bridgehead atoms. The van der Waals surface area contributed by atoms with Gasteiger partial charge in [0.2, 0.25) is 10.0 Å². The van der Waals surface area contributed by atoms with E-state index < -0.39 is 15.3 Å². The molecule has 130 valence electrons. The molecule has 0 aliphatic carbocycles. The number of nitrogens with one attached hydrogen (secondary N) is 1. The lowest BCUT2D eigenvalue weighted by molar-refractivity contribution is 0.0988. The Bertz CT molecular complexity index is 586. The molecule has 1 unspecified atom stereocenters. The number of nitrogens with zero attached hydrogens (tertiary/aromatic N) is 2. The van der Waals surface area contributed by atoms with Crippen molar-refractivity contribution in [3.05, 3.63) is 24.0 Å². The van der Waals surface area contributed by atoms with Gasteiger partial charge in [-0.15, -0.1) is 0 Å². The number of pyridine rings is 1. The van der Waals surface area contributed by atoms with E-state index in [0.29, 0.717) is 25.4 Å². The first-order chi connectivity index (χ1) is 11.0. The Kier molecular flexibility index (Phi) is 6.76. The molecule has 1 fully saturated rings. The van der Waals surface area contributed by atoms with Crippen molar-refractivity contribution in [2.45, 2.75) is 24.6 Å². The molecule has 1 atom stereocenters. The lowest BCUT2D eigenvalue weighted by Gasteiger charge is -2.22. The number of rotatable bonds is 8. The molecular weight excluding hydrogens is 318 g/mol. The van der Waals surface area contributed by atoms with Crippen LogP contribution >= 0.6 is 0 Å². The summed E-state index contributed by atoms with van der Waals surface area (Å²) >= 11 is 0. The van der Waals surface area contributed by atoms with Crippen LogP contribution < -0.4 is 9.46 Å². The summed E-state index contributed by atoms with van der Waals surface area (Å²) in [6.07, 6.45) is 4.66. The number of likely N-dealkylation sites (N-methyl/N-ethyl adjacent to an activating group) is 1. The Morgan fingerprint density at radius 3 is 3.00 bits per heavy atom. The van der Waals surface area contributed by atoms with E-state index in [1.807, 2.05) is 19.0 Å². The molecule has 0 amide bonds. The topological polar surface area (TPSA) is 80.8 Å². The van der Waals surface area contributed by atoms with E-state index in [-0.39, 0.29) is 13.2 Å². The van der Waals surface area contributed by atoms with Gasteiger partial charge in [-0.3, -0.25) is 4.98 Å². The van der Waals surface area contributed by atoms with Gasteiger partial charge in [-0.1, -0.05) is 0 Å². The second-order valence-corrected chi connectivity index (χ2v) is 7.89. The van der Waals surface area contributed by atoms with Crippen molar-refractivity contribution < 1.29 is 17.9 Å². The predicted octanol–water partition coefficient (Wildman–Crippen LogP) is 0.620. The van der Waals surface area contributed by atoms with Crippen molar-refractivity contribution in [2.24, 2.45) is 0 Å². The highest BCUT2D eigenvalue weighted by Crippen LogP contribution is 2.18. The second-order valence-electron chi connectivity index (χ2n) is 5.84. The largest absolute Gasteiger partial charge is 0.490 e. The summed E-state index contributed by atoms with van der Waals surface area (Å²) in [7, 11) is 0.541. The van der Waals surface area contributed by atoms with Crippen molar-refractivity contribution in [3.63, 3.8) is 0 Å². The molecule has 7 nitrogen and oxygen atoms in total. The molecule has 2 heterocycles. The number of sulfonamides is 1. The Morgan fingerprint density at radius 1 is 1.48 bits per heavy atom. The summed E-state index contributed by atoms with van der Waals surface area (Å²) in [5.41, 5.74) is 0.777. The normalized spacial score (nSPS) is 19.0. The van der Waals surface area contributed by atoms with Gasteiger partial charge >= 0.3 is 0 Å². The molecule has 1 aromatic heterocycles. The molecular formula is C15H25N3O4S. The number of ether oxygens (including phenoxy) is 2. The van der Waals surface area contributed by atoms with Gasteiger partial charge in [-0.25, -0.2) is 13.1 Å². The molecule has 1 aliphatic heterocycles. The first kappa shape index (κ1) is 18.1. The fraction of sp³-hybridized carbons (Fsp3) is 0.667. The fourth-order valence-electron chi connectivity index (χ4n) is 2.28. The maximum absolute atomic E-state index is 12.3. The van der Waals surface area contributed by atoms with Crippen LogP contribution in [0.3, 0.4) is 0 Å². The average Bonchev–Trinajstić information content (AvgIpc) is 2.54. The van der Waals surface area contributed by atoms with E-state index in [1.165, 1.54) is 0 Å². The van der Waals surface area contributed by atoms with Gasteiger partial charge in [0, 0.05) is 31.5 Å². The first-order valence-electron chi connectivity index (χ1n) is 7.75. The van der Waals surface area contributed by atoms with Gasteiger partial charge in [0.05, 0.1) is 18.1 Å². The smallest absolute Gasteiger partial charge is 0.217 e. The summed E-state index contributed by atoms with van der Waals surface area (Å²) in [5, 5.41) is -0.476. The molecule has 0 spiro atoms. The Hall–Kier alpha value is -1.22. The highest BCUT2D eigenvalue weighted by atomic mass is 32.2. The van der Waals surface area contributed by atoms with Crippen molar-refractivity contribution in [1.29, 1.82) is 0 Å². The molecule has 8 heteroatoms. The number of hydrogen-bond donors (Lipinski definition) is 1. The van der Waals surface area contributed by atoms with E-state index >= 15 is 0 Å². The third kappa shape index (κ3) is 5.72. The minimum atomic E-state index is -3.39. The third-order valence-electron chi connectivity index (χ3n) is 3.69. The van der Waals surface area contributed by atoms with Crippen LogP contribution in [0.1, 0.15) is 18.4 Å².